The number of halogens is 2. The first-order valence-electron chi connectivity index (χ1n) is 6.20. The fraction of sp³-hybridized carbons (Fsp3) is 0.267. The van der Waals surface area contributed by atoms with Gasteiger partial charge in [-0.15, -0.1) is 0 Å². The fourth-order valence-corrected chi connectivity index (χ4v) is 2.37. The summed E-state index contributed by atoms with van der Waals surface area (Å²) in [4.78, 5) is 4.30. The van der Waals surface area contributed by atoms with Gasteiger partial charge in [0.25, 0.3) is 0 Å². The Morgan fingerprint density at radius 3 is 2.58 bits per heavy atom. The molecule has 1 aromatic carbocycles. The third kappa shape index (κ3) is 3.61. The van der Waals surface area contributed by atoms with E-state index in [0.29, 0.717) is 5.56 Å². The van der Waals surface area contributed by atoms with Crippen LogP contribution in [-0.4, -0.2) is 4.98 Å². The summed E-state index contributed by atoms with van der Waals surface area (Å²) in [6.45, 7) is 3.97. The normalized spacial score (nSPS) is 14.1. The van der Waals surface area contributed by atoms with Crippen molar-refractivity contribution < 1.29 is 4.39 Å². The lowest BCUT2D eigenvalue weighted by Gasteiger charge is -2.20. The summed E-state index contributed by atoms with van der Waals surface area (Å²) in [5.41, 5.74) is 1.61. The smallest absolute Gasteiger partial charge is 0.129 e. The molecule has 0 radical (unpaired) electrons. The van der Waals surface area contributed by atoms with Crippen LogP contribution < -0.4 is 5.32 Å². The van der Waals surface area contributed by atoms with Crippen LogP contribution >= 0.6 is 15.9 Å². The number of aromatic nitrogens is 1. The van der Waals surface area contributed by atoms with Gasteiger partial charge in [0.05, 0.1) is 5.69 Å². The van der Waals surface area contributed by atoms with Crippen molar-refractivity contribution in [2.75, 3.05) is 0 Å². The molecular weight excluding hydrogens is 307 g/mol. The molecule has 2 atom stereocenters. The standard InChI is InChI=1S/C15H16BrFN2/c1-10(13-7-6-12(16)9-14(13)17)19-11(2)15-5-3-4-8-18-15/h3-11,19H,1-2H3. The molecule has 2 rings (SSSR count). The molecule has 100 valence electrons. The van der Waals surface area contributed by atoms with E-state index in [1.807, 2.05) is 38.1 Å². The van der Waals surface area contributed by atoms with Gasteiger partial charge in [0.1, 0.15) is 5.82 Å². The lowest BCUT2D eigenvalue weighted by molar-refractivity contribution is 0.467. The minimum atomic E-state index is -0.206. The Hall–Kier alpha value is -1.26. The van der Waals surface area contributed by atoms with E-state index in [0.717, 1.165) is 10.2 Å². The summed E-state index contributed by atoms with van der Waals surface area (Å²) in [5, 5.41) is 3.35. The van der Waals surface area contributed by atoms with Crippen LogP contribution in [0.15, 0.2) is 47.1 Å². The van der Waals surface area contributed by atoms with Crippen molar-refractivity contribution in [2.24, 2.45) is 0 Å². The van der Waals surface area contributed by atoms with Crippen LogP contribution in [-0.2, 0) is 0 Å². The van der Waals surface area contributed by atoms with Gasteiger partial charge in [-0.05, 0) is 38.1 Å². The topological polar surface area (TPSA) is 24.9 Å². The number of hydrogen-bond acceptors (Lipinski definition) is 2. The largest absolute Gasteiger partial charge is 0.302 e. The van der Waals surface area contributed by atoms with Gasteiger partial charge in [-0.25, -0.2) is 4.39 Å². The van der Waals surface area contributed by atoms with E-state index in [4.69, 9.17) is 0 Å². The molecule has 0 bridgehead atoms. The van der Waals surface area contributed by atoms with Crippen molar-refractivity contribution in [2.45, 2.75) is 25.9 Å². The molecule has 2 nitrogen and oxygen atoms in total. The maximum Gasteiger partial charge on any atom is 0.129 e. The summed E-state index contributed by atoms with van der Waals surface area (Å²) in [5.74, 6) is -0.206. The molecule has 0 aliphatic rings. The number of nitrogens with zero attached hydrogens (tertiary/aromatic N) is 1. The van der Waals surface area contributed by atoms with Gasteiger partial charge in [-0.2, -0.15) is 0 Å². The first-order chi connectivity index (χ1) is 9.08. The van der Waals surface area contributed by atoms with Crippen molar-refractivity contribution in [3.63, 3.8) is 0 Å². The Kier molecular flexibility index (Phi) is 4.66. The fourth-order valence-electron chi connectivity index (χ4n) is 2.03. The highest BCUT2D eigenvalue weighted by Crippen LogP contribution is 2.23. The third-order valence-electron chi connectivity index (χ3n) is 3.06. The molecule has 0 amide bonds. The molecule has 0 saturated carbocycles. The molecule has 1 aromatic heterocycles. The first kappa shape index (κ1) is 14.2. The van der Waals surface area contributed by atoms with Crippen molar-refractivity contribution in [3.8, 4) is 0 Å². The van der Waals surface area contributed by atoms with E-state index in [1.54, 1.807) is 12.3 Å². The van der Waals surface area contributed by atoms with Gasteiger partial charge in [0.2, 0.25) is 0 Å². The lowest BCUT2D eigenvalue weighted by Crippen LogP contribution is -2.23. The SMILES string of the molecule is CC(NC(C)c1ccc(Br)cc1F)c1ccccn1. The van der Waals surface area contributed by atoms with Crippen molar-refractivity contribution >= 4 is 15.9 Å². The molecule has 0 saturated heterocycles. The third-order valence-corrected chi connectivity index (χ3v) is 3.55. The second-order valence-electron chi connectivity index (χ2n) is 4.53. The highest BCUT2D eigenvalue weighted by Gasteiger charge is 2.15. The molecule has 2 unspecified atom stereocenters. The maximum absolute atomic E-state index is 13.9. The molecule has 0 fully saturated rings. The van der Waals surface area contributed by atoms with Crippen LogP contribution in [0.3, 0.4) is 0 Å². The molecule has 1 heterocycles. The molecule has 0 aliphatic carbocycles. The van der Waals surface area contributed by atoms with Gasteiger partial charge in [0, 0.05) is 28.3 Å². The minimum Gasteiger partial charge on any atom is -0.302 e. The highest BCUT2D eigenvalue weighted by molar-refractivity contribution is 9.10. The Morgan fingerprint density at radius 2 is 1.95 bits per heavy atom. The first-order valence-corrected chi connectivity index (χ1v) is 6.99. The number of pyridine rings is 1. The summed E-state index contributed by atoms with van der Waals surface area (Å²) in [6, 6.07) is 10.9. The maximum atomic E-state index is 13.9. The van der Waals surface area contributed by atoms with Crippen LogP contribution in [0.2, 0.25) is 0 Å². The summed E-state index contributed by atoms with van der Waals surface area (Å²) in [6.07, 6.45) is 1.76. The van der Waals surface area contributed by atoms with Crippen LogP contribution in [0.4, 0.5) is 4.39 Å². The minimum absolute atomic E-state index is 0.0687. The Bertz CT molecular complexity index is 545. The zero-order valence-electron chi connectivity index (χ0n) is 10.9. The van der Waals surface area contributed by atoms with Crippen LogP contribution in [0.1, 0.15) is 37.2 Å². The van der Waals surface area contributed by atoms with Gasteiger partial charge < -0.3 is 5.32 Å². The molecule has 1 N–H and O–H groups in total. The van der Waals surface area contributed by atoms with Crippen molar-refractivity contribution in [3.05, 3.63) is 64.1 Å². The second-order valence-corrected chi connectivity index (χ2v) is 5.45. The average molecular weight is 323 g/mol. The van der Waals surface area contributed by atoms with E-state index in [9.17, 15) is 4.39 Å². The number of hydrogen-bond donors (Lipinski definition) is 1. The van der Waals surface area contributed by atoms with Crippen molar-refractivity contribution in [1.29, 1.82) is 0 Å². The van der Waals surface area contributed by atoms with Crippen LogP contribution in [0.5, 0.6) is 0 Å². The lowest BCUT2D eigenvalue weighted by atomic mass is 10.1. The highest BCUT2D eigenvalue weighted by atomic mass is 79.9. The van der Waals surface area contributed by atoms with Gasteiger partial charge >= 0.3 is 0 Å². The number of benzene rings is 1. The predicted molar refractivity (Wildman–Crippen MR) is 78.3 cm³/mol. The van der Waals surface area contributed by atoms with E-state index in [1.165, 1.54) is 6.07 Å². The molecular formula is C15H16BrFN2. The number of nitrogens with one attached hydrogen (secondary N) is 1. The average Bonchev–Trinajstić information content (AvgIpc) is 2.39. The van der Waals surface area contributed by atoms with E-state index >= 15 is 0 Å². The number of rotatable bonds is 4. The summed E-state index contributed by atoms with van der Waals surface area (Å²) < 4.78 is 14.6. The summed E-state index contributed by atoms with van der Waals surface area (Å²) in [7, 11) is 0. The van der Waals surface area contributed by atoms with Gasteiger partial charge in [0.15, 0.2) is 0 Å². The zero-order valence-corrected chi connectivity index (χ0v) is 12.5. The molecule has 2 aromatic rings. The van der Waals surface area contributed by atoms with Crippen molar-refractivity contribution in [1.82, 2.24) is 10.3 Å². The van der Waals surface area contributed by atoms with Gasteiger partial charge in [-0.1, -0.05) is 28.1 Å². The molecule has 0 spiro atoms. The van der Waals surface area contributed by atoms with E-state index < -0.39 is 0 Å². The zero-order chi connectivity index (χ0) is 13.8. The Balaban J connectivity index is 2.10. The van der Waals surface area contributed by atoms with E-state index in [2.05, 4.69) is 26.2 Å². The monoisotopic (exact) mass is 322 g/mol. The van der Waals surface area contributed by atoms with Crippen LogP contribution in [0.25, 0.3) is 0 Å². The molecule has 0 aliphatic heterocycles. The Labute approximate surface area is 121 Å². The Morgan fingerprint density at radius 1 is 1.16 bits per heavy atom. The van der Waals surface area contributed by atoms with Gasteiger partial charge in [-0.3, -0.25) is 4.98 Å². The second kappa shape index (κ2) is 6.26. The van der Waals surface area contributed by atoms with E-state index in [-0.39, 0.29) is 17.9 Å². The quantitative estimate of drug-likeness (QED) is 0.902. The molecule has 4 heteroatoms. The summed E-state index contributed by atoms with van der Waals surface area (Å²) >= 11 is 3.26. The van der Waals surface area contributed by atoms with Crippen LogP contribution in [0, 0.1) is 5.82 Å². The molecule has 19 heavy (non-hydrogen) atoms. The predicted octanol–water partition coefficient (Wildman–Crippen LogP) is 4.40.